The van der Waals surface area contributed by atoms with E-state index in [0.717, 1.165) is 11.1 Å². The molecule has 1 aliphatic rings. The van der Waals surface area contributed by atoms with Crippen LogP contribution in [-0.2, 0) is 20.1 Å². The fourth-order valence-corrected chi connectivity index (χ4v) is 5.92. The van der Waals surface area contributed by atoms with E-state index in [1.807, 2.05) is 60.7 Å². The SMILES string of the molecule is CCS(=O)(=O)c1ccc(OC(=O)N2CCC(C(NC(=O)OC)(c3ccccc3)c3ccccc3)CC2)cc1. The first kappa shape index (κ1) is 27.2. The summed E-state index contributed by atoms with van der Waals surface area (Å²) in [5.74, 6) is 0.246. The largest absolute Gasteiger partial charge is 0.453 e. The molecule has 0 aromatic heterocycles. The van der Waals surface area contributed by atoms with Crippen LogP contribution in [0.2, 0.25) is 0 Å². The molecular weight excluding hydrogens is 504 g/mol. The van der Waals surface area contributed by atoms with Crippen LogP contribution >= 0.6 is 0 Å². The number of likely N-dealkylation sites (tertiary alicyclic amines) is 1. The summed E-state index contributed by atoms with van der Waals surface area (Å²) in [7, 11) is -1.98. The highest BCUT2D eigenvalue weighted by atomic mass is 32.2. The lowest BCUT2D eigenvalue weighted by Crippen LogP contribution is -2.55. The third-order valence-corrected chi connectivity index (χ3v) is 8.83. The van der Waals surface area contributed by atoms with E-state index in [9.17, 15) is 18.0 Å². The van der Waals surface area contributed by atoms with E-state index in [4.69, 9.17) is 9.47 Å². The van der Waals surface area contributed by atoms with Gasteiger partial charge in [0, 0.05) is 13.1 Å². The normalized spacial score (nSPS) is 14.5. The molecule has 3 aromatic carbocycles. The van der Waals surface area contributed by atoms with Gasteiger partial charge in [0.25, 0.3) is 0 Å². The van der Waals surface area contributed by atoms with Gasteiger partial charge in [-0.15, -0.1) is 0 Å². The molecule has 1 fully saturated rings. The highest BCUT2D eigenvalue weighted by molar-refractivity contribution is 7.91. The summed E-state index contributed by atoms with van der Waals surface area (Å²) in [4.78, 5) is 27.4. The van der Waals surface area contributed by atoms with Crippen molar-refractivity contribution in [3.05, 3.63) is 96.1 Å². The number of rotatable bonds is 7. The van der Waals surface area contributed by atoms with E-state index < -0.39 is 27.6 Å². The molecule has 4 rings (SSSR count). The molecule has 2 amide bonds. The predicted octanol–water partition coefficient (Wildman–Crippen LogP) is 4.99. The van der Waals surface area contributed by atoms with Crippen LogP contribution in [0.3, 0.4) is 0 Å². The minimum absolute atomic E-state index is 0.000627. The number of piperidine rings is 1. The number of methoxy groups -OCH3 is 1. The van der Waals surface area contributed by atoms with Crippen molar-refractivity contribution < 1.29 is 27.5 Å². The van der Waals surface area contributed by atoms with Crippen molar-refractivity contribution >= 4 is 22.0 Å². The number of hydrogen-bond donors (Lipinski definition) is 1. The summed E-state index contributed by atoms with van der Waals surface area (Å²) in [6.45, 7) is 2.43. The number of amides is 2. The molecule has 0 aliphatic carbocycles. The maximum atomic E-state index is 12.9. The van der Waals surface area contributed by atoms with Gasteiger partial charge in [0.15, 0.2) is 9.84 Å². The van der Waals surface area contributed by atoms with Crippen molar-refractivity contribution in [2.45, 2.75) is 30.2 Å². The van der Waals surface area contributed by atoms with Crippen LogP contribution in [0.15, 0.2) is 89.8 Å². The smallest absolute Gasteiger partial charge is 0.415 e. The van der Waals surface area contributed by atoms with E-state index in [0.29, 0.717) is 25.9 Å². The number of nitrogens with one attached hydrogen (secondary N) is 1. The molecule has 0 unspecified atom stereocenters. The van der Waals surface area contributed by atoms with Gasteiger partial charge in [0.05, 0.1) is 23.3 Å². The Balaban J connectivity index is 1.54. The Morgan fingerprint density at radius 3 is 1.89 bits per heavy atom. The average Bonchev–Trinajstić information content (AvgIpc) is 2.97. The molecule has 38 heavy (non-hydrogen) atoms. The maximum Gasteiger partial charge on any atom is 0.415 e. The molecule has 1 saturated heterocycles. The minimum atomic E-state index is -3.33. The molecule has 8 nitrogen and oxygen atoms in total. The van der Waals surface area contributed by atoms with Crippen molar-refractivity contribution in [3.63, 3.8) is 0 Å². The molecule has 0 saturated carbocycles. The Kier molecular flexibility index (Phi) is 8.36. The van der Waals surface area contributed by atoms with Crippen LogP contribution in [0.5, 0.6) is 5.75 Å². The fourth-order valence-electron chi connectivity index (χ4n) is 5.04. The van der Waals surface area contributed by atoms with Gasteiger partial charge in [0.2, 0.25) is 0 Å². The molecule has 0 atom stereocenters. The molecular formula is C29H32N2O6S. The topological polar surface area (TPSA) is 102 Å². The quantitative estimate of drug-likeness (QED) is 0.456. The summed E-state index contributed by atoms with van der Waals surface area (Å²) in [6.07, 6.45) is 0.182. The standard InChI is InChI=1S/C29H32N2O6S/c1-3-38(34,35)26-16-14-25(15-17-26)37-28(33)31-20-18-24(19-21-31)29(30-27(32)36-2,22-10-6-4-7-11-22)23-12-8-5-9-13-23/h4-17,24H,3,18-21H2,1-2H3,(H,30,32). The second kappa shape index (κ2) is 11.7. The molecule has 1 heterocycles. The Morgan fingerprint density at radius 2 is 1.42 bits per heavy atom. The van der Waals surface area contributed by atoms with E-state index >= 15 is 0 Å². The molecule has 1 N–H and O–H groups in total. The zero-order valence-corrected chi connectivity index (χ0v) is 22.3. The monoisotopic (exact) mass is 536 g/mol. The van der Waals surface area contributed by atoms with Crippen molar-refractivity contribution in [1.29, 1.82) is 0 Å². The Bertz CT molecular complexity index is 1300. The number of sulfone groups is 1. The summed E-state index contributed by atoms with van der Waals surface area (Å²) in [5.41, 5.74) is 1.01. The molecule has 0 bridgehead atoms. The number of carbonyl (C=O) groups is 2. The molecule has 9 heteroatoms. The fraction of sp³-hybridized carbons (Fsp3) is 0.310. The van der Waals surface area contributed by atoms with E-state index in [1.54, 1.807) is 11.8 Å². The van der Waals surface area contributed by atoms with Gasteiger partial charge in [-0.2, -0.15) is 0 Å². The zero-order chi connectivity index (χ0) is 27.2. The summed E-state index contributed by atoms with van der Waals surface area (Å²) >= 11 is 0. The molecule has 200 valence electrons. The minimum Gasteiger partial charge on any atom is -0.453 e. The third-order valence-electron chi connectivity index (χ3n) is 7.08. The average molecular weight is 537 g/mol. The number of hydrogen-bond acceptors (Lipinski definition) is 6. The van der Waals surface area contributed by atoms with Gasteiger partial charge in [-0.3, -0.25) is 0 Å². The molecule has 1 aliphatic heterocycles. The molecule has 0 radical (unpaired) electrons. The summed E-state index contributed by atoms with van der Waals surface area (Å²) < 4.78 is 34.6. The molecule has 0 spiro atoms. The molecule has 3 aromatic rings. The lowest BCUT2D eigenvalue weighted by molar-refractivity contribution is 0.101. The Morgan fingerprint density at radius 1 is 0.895 bits per heavy atom. The van der Waals surface area contributed by atoms with Crippen LogP contribution in [0.4, 0.5) is 9.59 Å². The highest BCUT2D eigenvalue weighted by Gasteiger charge is 2.45. The first-order chi connectivity index (χ1) is 18.3. The van der Waals surface area contributed by atoms with Crippen molar-refractivity contribution in [2.75, 3.05) is 26.0 Å². The van der Waals surface area contributed by atoms with E-state index in [2.05, 4.69) is 5.32 Å². The number of benzene rings is 3. The second-order valence-electron chi connectivity index (χ2n) is 9.16. The number of alkyl carbamates (subject to hydrolysis) is 1. The number of carbonyl (C=O) groups excluding carboxylic acids is 2. The first-order valence-electron chi connectivity index (χ1n) is 12.6. The van der Waals surface area contributed by atoms with E-state index in [1.165, 1.54) is 31.4 Å². The van der Waals surface area contributed by atoms with Gasteiger partial charge >= 0.3 is 12.2 Å². The first-order valence-corrected chi connectivity index (χ1v) is 14.2. The second-order valence-corrected chi connectivity index (χ2v) is 11.4. The van der Waals surface area contributed by atoms with Crippen molar-refractivity contribution in [2.24, 2.45) is 5.92 Å². The van der Waals surface area contributed by atoms with Crippen molar-refractivity contribution in [3.8, 4) is 5.75 Å². The van der Waals surface area contributed by atoms with Gasteiger partial charge < -0.3 is 19.7 Å². The maximum absolute atomic E-state index is 12.9. The zero-order valence-electron chi connectivity index (χ0n) is 21.5. The van der Waals surface area contributed by atoms with Gasteiger partial charge in [-0.1, -0.05) is 67.6 Å². The highest BCUT2D eigenvalue weighted by Crippen LogP contribution is 2.42. The van der Waals surface area contributed by atoms with Gasteiger partial charge in [-0.05, 0) is 54.2 Å². The van der Waals surface area contributed by atoms with Crippen molar-refractivity contribution in [1.82, 2.24) is 10.2 Å². The lowest BCUT2D eigenvalue weighted by Gasteiger charge is -2.45. The van der Waals surface area contributed by atoms with Crippen LogP contribution in [0.1, 0.15) is 30.9 Å². The van der Waals surface area contributed by atoms with Crippen LogP contribution in [0.25, 0.3) is 0 Å². The van der Waals surface area contributed by atoms with Crippen LogP contribution in [-0.4, -0.2) is 51.5 Å². The van der Waals surface area contributed by atoms with Crippen LogP contribution < -0.4 is 10.1 Å². The lowest BCUT2D eigenvalue weighted by atomic mass is 9.69. The van der Waals surface area contributed by atoms with E-state index in [-0.39, 0.29) is 22.3 Å². The third kappa shape index (κ3) is 5.67. The van der Waals surface area contributed by atoms with Gasteiger partial charge in [-0.25, -0.2) is 18.0 Å². The summed E-state index contributed by atoms with van der Waals surface area (Å²) in [5, 5.41) is 3.14. The summed E-state index contributed by atoms with van der Waals surface area (Å²) in [6, 6.07) is 25.5. The van der Waals surface area contributed by atoms with Gasteiger partial charge in [0.1, 0.15) is 5.75 Å². The predicted molar refractivity (Wildman–Crippen MR) is 144 cm³/mol. The van der Waals surface area contributed by atoms with Crippen LogP contribution in [0, 0.1) is 5.92 Å². The number of ether oxygens (including phenoxy) is 2. The Labute approximate surface area is 223 Å². The number of nitrogens with zero attached hydrogens (tertiary/aromatic N) is 1. The Hall–Kier alpha value is -3.85.